The summed E-state index contributed by atoms with van der Waals surface area (Å²) in [5.74, 6) is 0.0531. The molecule has 1 saturated heterocycles. The molecule has 27 heavy (non-hydrogen) atoms. The lowest BCUT2D eigenvalue weighted by Gasteiger charge is -2.17. The Labute approximate surface area is 166 Å². The fourth-order valence-electron chi connectivity index (χ4n) is 3.16. The molecule has 0 radical (unpaired) electrons. The minimum Gasteiger partial charge on any atom is -0.326 e. The molecule has 1 atom stereocenters. The van der Waals surface area contributed by atoms with Crippen molar-refractivity contribution in [3.8, 4) is 0 Å². The molecule has 6 heteroatoms. The molecule has 1 fully saturated rings. The summed E-state index contributed by atoms with van der Waals surface area (Å²) in [6.45, 7) is 0.998. The van der Waals surface area contributed by atoms with Gasteiger partial charge in [0.25, 0.3) is 0 Å². The van der Waals surface area contributed by atoms with E-state index in [4.69, 9.17) is 0 Å². The van der Waals surface area contributed by atoms with Gasteiger partial charge in [-0.05, 0) is 49.2 Å². The summed E-state index contributed by atoms with van der Waals surface area (Å²) in [6, 6.07) is 17.4. The van der Waals surface area contributed by atoms with E-state index in [1.165, 1.54) is 0 Å². The summed E-state index contributed by atoms with van der Waals surface area (Å²) in [6.07, 6.45) is 3.02. The zero-order valence-electron chi connectivity index (χ0n) is 15.5. The Kier molecular flexibility index (Phi) is 7.82. The van der Waals surface area contributed by atoms with Gasteiger partial charge in [-0.2, -0.15) is 0 Å². The molecular formula is C21H26ClN3O2. The molecule has 3 rings (SSSR count). The Bertz CT molecular complexity index is 744. The molecular weight excluding hydrogens is 362 g/mol. The molecule has 2 aromatic carbocycles. The molecule has 0 aromatic heterocycles. The number of carbonyl (C=O) groups excluding carboxylic acids is 2. The summed E-state index contributed by atoms with van der Waals surface area (Å²) < 4.78 is 0. The van der Waals surface area contributed by atoms with Crippen molar-refractivity contribution in [1.82, 2.24) is 5.32 Å². The van der Waals surface area contributed by atoms with Gasteiger partial charge in [-0.25, -0.2) is 0 Å². The van der Waals surface area contributed by atoms with Crippen LogP contribution in [0.3, 0.4) is 0 Å². The van der Waals surface area contributed by atoms with Crippen LogP contribution in [-0.4, -0.2) is 31.4 Å². The number of rotatable bonds is 6. The van der Waals surface area contributed by atoms with E-state index in [-0.39, 0.29) is 24.2 Å². The first kappa shape index (κ1) is 20.9. The van der Waals surface area contributed by atoms with Crippen molar-refractivity contribution in [2.75, 3.05) is 23.8 Å². The topological polar surface area (TPSA) is 61.4 Å². The zero-order valence-corrected chi connectivity index (χ0v) is 16.3. The third-order valence-electron chi connectivity index (χ3n) is 4.70. The van der Waals surface area contributed by atoms with Crippen LogP contribution in [-0.2, 0) is 16.0 Å². The minimum absolute atomic E-state index is 0. The van der Waals surface area contributed by atoms with Crippen molar-refractivity contribution in [2.45, 2.75) is 31.7 Å². The largest absolute Gasteiger partial charge is 0.326 e. The van der Waals surface area contributed by atoms with E-state index in [2.05, 4.69) is 10.6 Å². The highest BCUT2D eigenvalue weighted by Gasteiger charge is 2.17. The Hall–Kier alpha value is -2.37. The van der Waals surface area contributed by atoms with Crippen molar-refractivity contribution in [2.24, 2.45) is 0 Å². The maximum Gasteiger partial charge on any atom is 0.231 e. The van der Waals surface area contributed by atoms with Crippen LogP contribution in [0.2, 0.25) is 0 Å². The van der Waals surface area contributed by atoms with Gasteiger partial charge in [-0.15, -0.1) is 12.4 Å². The highest BCUT2D eigenvalue weighted by Crippen LogP contribution is 2.16. The van der Waals surface area contributed by atoms with E-state index in [0.717, 1.165) is 36.3 Å². The fourth-order valence-corrected chi connectivity index (χ4v) is 3.16. The molecule has 0 spiro atoms. The summed E-state index contributed by atoms with van der Waals surface area (Å²) >= 11 is 0. The molecule has 0 bridgehead atoms. The van der Waals surface area contributed by atoms with Crippen molar-refractivity contribution >= 4 is 35.6 Å². The van der Waals surface area contributed by atoms with E-state index < -0.39 is 0 Å². The van der Waals surface area contributed by atoms with Crippen LogP contribution < -0.4 is 15.5 Å². The number of benzene rings is 2. The normalized spacial score (nSPS) is 15.7. The fraction of sp³-hybridized carbons (Fsp3) is 0.333. The zero-order chi connectivity index (χ0) is 18.4. The van der Waals surface area contributed by atoms with Crippen molar-refractivity contribution in [3.05, 3.63) is 60.2 Å². The van der Waals surface area contributed by atoms with Gasteiger partial charge < -0.3 is 15.5 Å². The average molecular weight is 388 g/mol. The maximum atomic E-state index is 12.4. The number of hydrogen-bond donors (Lipinski definition) is 2. The molecule has 1 unspecified atom stereocenters. The first-order valence-corrected chi connectivity index (χ1v) is 9.05. The second-order valence-electron chi connectivity index (χ2n) is 6.71. The highest BCUT2D eigenvalue weighted by atomic mass is 35.5. The molecule has 0 aliphatic carbocycles. The average Bonchev–Trinajstić information content (AvgIpc) is 3.16. The first-order valence-electron chi connectivity index (χ1n) is 9.05. The van der Waals surface area contributed by atoms with Crippen molar-refractivity contribution in [1.29, 1.82) is 0 Å². The number of anilines is 2. The van der Waals surface area contributed by atoms with E-state index in [1.807, 2.05) is 54.6 Å². The summed E-state index contributed by atoms with van der Waals surface area (Å²) in [5.41, 5.74) is 2.57. The summed E-state index contributed by atoms with van der Waals surface area (Å²) in [5, 5.41) is 6.25. The maximum absolute atomic E-state index is 12.4. The second-order valence-corrected chi connectivity index (χ2v) is 6.71. The SMILES string of the molecule is CN(C(=O)Cc1ccc(NC(=O)CC2CCCN2)cc1)c1ccccc1.Cl. The number of para-hydroxylation sites is 1. The third-order valence-corrected chi connectivity index (χ3v) is 4.70. The van der Waals surface area contributed by atoms with Gasteiger partial charge in [-0.1, -0.05) is 30.3 Å². The van der Waals surface area contributed by atoms with E-state index in [9.17, 15) is 9.59 Å². The molecule has 1 aliphatic rings. The van der Waals surface area contributed by atoms with E-state index in [1.54, 1.807) is 11.9 Å². The van der Waals surface area contributed by atoms with Gasteiger partial charge >= 0.3 is 0 Å². The minimum atomic E-state index is 0. The van der Waals surface area contributed by atoms with Gasteiger partial charge in [0, 0.05) is 30.9 Å². The standard InChI is InChI=1S/C21H25N3O2.ClH/c1-24(19-7-3-2-4-8-19)21(26)14-16-9-11-17(12-10-16)23-20(25)15-18-6-5-13-22-18;/h2-4,7-12,18,22H,5-6,13-15H2,1H3,(H,23,25);1H. The number of hydrogen-bond acceptors (Lipinski definition) is 3. The molecule has 5 nitrogen and oxygen atoms in total. The number of carbonyl (C=O) groups is 2. The number of halogens is 1. The van der Waals surface area contributed by atoms with Gasteiger partial charge in [-0.3, -0.25) is 9.59 Å². The van der Waals surface area contributed by atoms with Crippen LogP contribution in [0.15, 0.2) is 54.6 Å². The van der Waals surface area contributed by atoms with Crippen molar-refractivity contribution in [3.63, 3.8) is 0 Å². The Morgan fingerprint density at radius 1 is 1.11 bits per heavy atom. The quantitative estimate of drug-likeness (QED) is 0.798. The van der Waals surface area contributed by atoms with Crippen LogP contribution in [0.4, 0.5) is 11.4 Å². The van der Waals surface area contributed by atoms with E-state index >= 15 is 0 Å². The third kappa shape index (κ3) is 6.08. The van der Waals surface area contributed by atoms with Crippen molar-refractivity contribution < 1.29 is 9.59 Å². The second kappa shape index (κ2) is 10.1. The molecule has 1 aliphatic heterocycles. The Balaban J connectivity index is 0.00000261. The lowest BCUT2D eigenvalue weighted by atomic mass is 10.1. The molecule has 0 saturated carbocycles. The molecule has 2 N–H and O–H groups in total. The van der Waals surface area contributed by atoms with Crippen LogP contribution in [0.25, 0.3) is 0 Å². The summed E-state index contributed by atoms with van der Waals surface area (Å²) in [4.78, 5) is 26.1. The lowest BCUT2D eigenvalue weighted by molar-refractivity contribution is -0.118. The number of amides is 2. The summed E-state index contributed by atoms with van der Waals surface area (Å²) in [7, 11) is 1.78. The van der Waals surface area contributed by atoms with E-state index in [0.29, 0.717) is 18.9 Å². The predicted octanol–water partition coefficient (Wildman–Crippen LogP) is 3.39. The molecule has 144 valence electrons. The lowest BCUT2D eigenvalue weighted by Crippen LogP contribution is -2.28. The van der Waals surface area contributed by atoms with Crippen LogP contribution in [0.5, 0.6) is 0 Å². The monoisotopic (exact) mass is 387 g/mol. The Morgan fingerprint density at radius 2 is 1.81 bits per heavy atom. The highest BCUT2D eigenvalue weighted by molar-refractivity contribution is 5.94. The van der Waals surface area contributed by atoms with Gasteiger partial charge in [0.2, 0.25) is 11.8 Å². The Morgan fingerprint density at radius 3 is 2.44 bits per heavy atom. The van der Waals surface area contributed by atoms with Crippen LogP contribution in [0, 0.1) is 0 Å². The van der Waals surface area contributed by atoms with Crippen LogP contribution in [0.1, 0.15) is 24.8 Å². The number of nitrogens with zero attached hydrogens (tertiary/aromatic N) is 1. The van der Waals surface area contributed by atoms with Gasteiger partial charge in [0.1, 0.15) is 0 Å². The molecule has 2 aromatic rings. The smallest absolute Gasteiger partial charge is 0.231 e. The molecule has 1 heterocycles. The predicted molar refractivity (Wildman–Crippen MR) is 112 cm³/mol. The first-order chi connectivity index (χ1) is 12.6. The number of likely N-dealkylation sites (N-methyl/N-ethyl adjacent to an activating group) is 1. The van der Waals surface area contributed by atoms with Gasteiger partial charge in [0.15, 0.2) is 0 Å². The number of nitrogens with one attached hydrogen (secondary N) is 2. The molecule has 2 amide bonds. The van der Waals surface area contributed by atoms with Crippen LogP contribution >= 0.6 is 12.4 Å². The van der Waals surface area contributed by atoms with Gasteiger partial charge in [0.05, 0.1) is 6.42 Å².